The van der Waals surface area contributed by atoms with E-state index in [0.29, 0.717) is 24.2 Å². The second-order valence-corrected chi connectivity index (χ2v) is 12.1. The minimum atomic E-state index is -4.14. The molecular formula is C31H38FN3O4S. The van der Waals surface area contributed by atoms with Crippen molar-refractivity contribution >= 4 is 27.5 Å². The summed E-state index contributed by atoms with van der Waals surface area (Å²) >= 11 is 0. The van der Waals surface area contributed by atoms with Crippen LogP contribution in [0, 0.1) is 18.7 Å². The van der Waals surface area contributed by atoms with Crippen molar-refractivity contribution in [2.24, 2.45) is 5.92 Å². The van der Waals surface area contributed by atoms with Gasteiger partial charge in [-0.2, -0.15) is 0 Å². The van der Waals surface area contributed by atoms with Crippen LogP contribution in [0.1, 0.15) is 44.4 Å². The molecule has 214 valence electrons. The number of rotatable bonds is 12. The van der Waals surface area contributed by atoms with Gasteiger partial charge < -0.3 is 10.2 Å². The average Bonchev–Trinajstić information content (AvgIpc) is 2.93. The summed E-state index contributed by atoms with van der Waals surface area (Å²) < 4.78 is 42.7. The Labute approximate surface area is 237 Å². The number of aryl methyl sites for hydroxylation is 2. The van der Waals surface area contributed by atoms with Gasteiger partial charge >= 0.3 is 0 Å². The maximum absolute atomic E-state index is 14.0. The van der Waals surface area contributed by atoms with E-state index in [1.54, 1.807) is 43.3 Å². The second-order valence-electron chi connectivity index (χ2n) is 10.3. The molecule has 2 amide bonds. The van der Waals surface area contributed by atoms with E-state index in [9.17, 15) is 22.4 Å². The molecular weight excluding hydrogens is 529 g/mol. The fourth-order valence-corrected chi connectivity index (χ4v) is 5.68. The van der Waals surface area contributed by atoms with Crippen molar-refractivity contribution in [2.45, 2.75) is 58.5 Å². The summed E-state index contributed by atoms with van der Waals surface area (Å²) in [6.45, 7) is 9.23. The van der Waals surface area contributed by atoms with Gasteiger partial charge in [0, 0.05) is 13.1 Å². The maximum Gasteiger partial charge on any atom is 0.264 e. The molecule has 7 nitrogen and oxygen atoms in total. The summed E-state index contributed by atoms with van der Waals surface area (Å²) in [4.78, 5) is 28.4. The third kappa shape index (κ3) is 7.69. The Morgan fingerprint density at radius 1 is 0.925 bits per heavy atom. The van der Waals surface area contributed by atoms with Crippen molar-refractivity contribution in [3.63, 3.8) is 0 Å². The van der Waals surface area contributed by atoms with Crippen molar-refractivity contribution < 1.29 is 22.4 Å². The van der Waals surface area contributed by atoms with Crippen LogP contribution in [0.3, 0.4) is 0 Å². The average molecular weight is 568 g/mol. The molecule has 0 saturated heterocycles. The molecule has 0 heterocycles. The van der Waals surface area contributed by atoms with Crippen molar-refractivity contribution in [1.29, 1.82) is 0 Å². The van der Waals surface area contributed by atoms with Gasteiger partial charge in [0.05, 0.1) is 10.6 Å². The number of carbonyl (C=O) groups is 2. The van der Waals surface area contributed by atoms with Gasteiger partial charge in [-0.1, -0.05) is 68.8 Å². The zero-order chi connectivity index (χ0) is 29.4. The summed E-state index contributed by atoms with van der Waals surface area (Å²) in [7, 11) is -4.14. The summed E-state index contributed by atoms with van der Waals surface area (Å²) in [5, 5.41) is 2.85. The van der Waals surface area contributed by atoms with Crippen molar-refractivity contribution in [3.05, 3.63) is 95.3 Å². The van der Waals surface area contributed by atoms with E-state index in [-0.39, 0.29) is 23.3 Å². The lowest BCUT2D eigenvalue weighted by molar-refractivity contribution is -0.139. The van der Waals surface area contributed by atoms with Gasteiger partial charge in [-0.3, -0.25) is 13.9 Å². The zero-order valence-electron chi connectivity index (χ0n) is 23.7. The van der Waals surface area contributed by atoms with Crippen LogP contribution in [0.2, 0.25) is 0 Å². The number of carbonyl (C=O) groups excluding carboxylic acids is 2. The van der Waals surface area contributed by atoms with Crippen LogP contribution in [0.5, 0.6) is 0 Å². The number of halogens is 1. The monoisotopic (exact) mass is 567 g/mol. The van der Waals surface area contributed by atoms with Crippen LogP contribution in [0.15, 0.2) is 77.7 Å². The number of para-hydroxylation sites is 1. The van der Waals surface area contributed by atoms with Gasteiger partial charge in [0.1, 0.15) is 18.4 Å². The number of nitrogens with one attached hydrogen (secondary N) is 1. The predicted molar refractivity (Wildman–Crippen MR) is 156 cm³/mol. The number of hydrogen-bond acceptors (Lipinski definition) is 4. The van der Waals surface area contributed by atoms with Gasteiger partial charge in [-0.05, 0) is 67.6 Å². The highest BCUT2D eigenvalue weighted by atomic mass is 32.2. The lowest BCUT2D eigenvalue weighted by Crippen LogP contribution is -2.51. The van der Waals surface area contributed by atoms with Gasteiger partial charge in [0.15, 0.2) is 0 Å². The Kier molecular flexibility index (Phi) is 10.5. The SMILES string of the molecule is CCc1ccccc1N(CC(=O)N(Cc1ccc(F)cc1)C(C)C(=O)NCC(C)C)S(=O)(=O)c1ccc(C)cc1. The highest BCUT2D eigenvalue weighted by Crippen LogP contribution is 2.28. The third-order valence-electron chi connectivity index (χ3n) is 6.65. The fourth-order valence-electron chi connectivity index (χ4n) is 4.23. The largest absolute Gasteiger partial charge is 0.354 e. The highest BCUT2D eigenvalue weighted by Gasteiger charge is 2.33. The van der Waals surface area contributed by atoms with E-state index in [4.69, 9.17) is 0 Å². The van der Waals surface area contributed by atoms with E-state index < -0.39 is 34.3 Å². The van der Waals surface area contributed by atoms with E-state index in [1.807, 2.05) is 39.8 Å². The normalized spacial score (nSPS) is 12.2. The number of nitrogens with zero attached hydrogens (tertiary/aromatic N) is 2. The molecule has 0 aliphatic rings. The minimum Gasteiger partial charge on any atom is -0.354 e. The molecule has 0 aliphatic carbocycles. The van der Waals surface area contributed by atoms with Gasteiger partial charge in [-0.15, -0.1) is 0 Å². The number of sulfonamides is 1. The molecule has 0 bridgehead atoms. The van der Waals surface area contributed by atoms with Crippen molar-refractivity contribution in [1.82, 2.24) is 10.2 Å². The van der Waals surface area contributed by atoms with Crippen LogP contribution in [-0.4, -0.2) is 44.3 Å². The number of anilines is 1. The summed E-state index contributed by atoms with van der Waals surface area (Å²) in [5.41, 5.74) is 2.68. The first-order valence-electron chi connectivity index (χ1n) is 13.4. The molecule has 9 heteroatoms. The topological polar surface area (TPSA) is 86.8 Å². The predicted octanol–water partition coefficient (Wildman–Crippen LogP) is 5.08. The Morgan fingerprint density at radius 2 is 1.55 bits per heavy atom. The molecule has 3 aromatic carbocycles. The molecule has 0 radical (unpaired) electrons. The molecule has 0 aromatic heterocycles. The van der Waals surface area contributed by atoms with Crippen LogP contribution in [0.4, 0.5) is 10.1 Å². The molecule has 3 rings (SSSR count). The first-order chi connectivity index (χ1) is 18.9. The van der Waals surface area contributed by atoms with E-state index >= 15 is 0 Å². The number of benzene rings is 3. The molecule has 3 aromatic rings. The molecule has 1 atom stereocenters. The summed E-state index contributed by atoms with van der Waals surface area (Å²) in [6, 6.07) is 18.3. The minimum absolute atomic E-state index is 0.00320. The smallest absolute Gasteiger partial charge is 0.264 e. The number of hydrogen-bond donors (Lipinski definition) is 1. The Morgan fingerprint density at radius 3 is 2.15 bits per heavy atom. The van der Waals surface area contributed by atoms with E-state index in [2.05, 4.69) is 5.32 Å². The van der Waals surface area contributed by atoms with Crippen molar-refractivity contribution in [3.8, 4) is 0 Å². The molecule has 0 aliphatic heterocycles. The van der Waals surface area contributed by atoms with Crippen LogP contribution >= 0.6 is 0 Å². The second kappa shape index (κ2) is 13.6. The zero-order valence-corrected chi connectivity index (χ0v) is 24.5. The van der Waals surface area contributed by atoms with E-state index in [1.165, 1.54) is 29.2 Å². The van der Waals surface area contributed by atoms with Crippen LogP contribution < -0.4 is 9.62 Å². The molecule has 0 fully saturated rings. The van der Waals surface area contributed by atoms with Crippen LogP contribution in [0.25, 0.3) is 0 Å². The maximum atomic E-state index is 14.0. The number of amides is 2. The van der Waals surface area contributed by atoms with Crippen LogP contribution in [-0.2, 0) is 32.6 Å². The summed E-state index contributed by atoms with van der Waals surface area (Å²) in [5.74, 6) is -1.13. The lowest BCUT2D eigenvalue weighted by Gasteiger charge is -2.32. The first-order valence-corrected chi connectivity index (χ1v) is 14.9. The summed E-state index contributed by atoms with van der Waals surface area (Å²) in [6.07, 6.45) is 0.553. The van der Waals surface area contributed by atoms with Gasteiger partial charge in [-0.25, -0.2) is 12.8 Å². The molecule has 0 saturated carbocycles. The van der Waals surface area contributed by atoms with Gasteiger partial charge in [0.2, 0.25) is 11.8 Å². The standard InChI is InChI=1S/C31H38FN3O4S/c1-6-26-9-7-8-10-29(26)35(40(38,39)28-17-11-23(4)12-18-28)21-30(36)34(20-25-13-15-27(32)16-14-25)24(5)31(37)33-19-22(2)3/h7-18,22,24H,6,19-21H2,1-5H3,(H,33,37). The highest BCUT2D eigenvalue weighted by molar-refractivity contribution is 7.92. The lowest BCUT2D eigenvalue weighted by atomic mass is 10.1. The molecule has 1 N–H and O–H groups in total. The third-order valence-corrected chi connectivity index (χ3v) is 8.42. The van der Waals surface area contributed by atoms with E-state index in [0.717, 1.165) is 15.4 Å². The van der Waals surface area contributed by atoms with Gasteiger partial charge in [0.25, 0.3) is 10.0 Å². The molecule has 0 spiro atoms. The first kappa shape index (κ1) is 30.8. The van der Waals surface area contributed by atoms with Crippen molar-refractivity contribution in [2.75, 3.05) is 17.4 Å². The quantitative estimate of drug-likeness (QED) is 0.331. The Bertz CT molecular complexity index is 1410. The Hall–Kier alpha value is -3.72. The molecule has 40 heavy (non-hydrogen) atoms. The fraction of sp³-hybridized carbons (Fsp3) is 0.355. The Balaban J connectivity index is 2.04. The molecule has 1 unspecified atom stereocenters.